The lowest BCUT2D eigenvalue weighted by molar-refractivity contribution is -0.150. The molecule has 0 aliphatic carbocycles. The normalized spacial score (nSPS) is 19.7. The van der Waals surface area contributed by atoms with E-state index in [1.54, 1.807) is 0 Å². The van der Waals surface area contributed by atoms with Crippen molar-refractivity contribution in [2.45, 2.75) is 50.4 Å². The van der Waals surface area contributed by atoms with Crippen LogP contribution in [0.1, 0.15) is 26.2 Å². The molecule has 0 aromatic heterocycles. The molecule has 0 aromatic carbocycles. The Labute approximate surface area is 155 Å². The van der Waals surface area contributed by atoms with Crippen molar-refractivity contribution in [1.82, 2.24) is 15.5 Å². The summed E-state index contributed by atoms with van der Waals surface area (Å²) in [7, 11) is 0. The molecule has 0 saturated carbocycles. The third-order valence-corrected chi connectivity index (χ3v) is 4.13. The number of hydrogen-bond acceptors (Lipinski definition) is 7. The summed E-state index contributed by atoms with van der Waals surface area (Å²) < 4.78 is 0. The maximum atomic E-state index is 12.4. The number of nitrogens with zero attached hydrogens (tertiary/aromatic N) is 1. The van der Waals surface area contributed by atoms with Crippen LogP contribution in [0.4, 0.5) is 0 Å². The Morgan fingerprint density at radius 3 is 2.33 bits per heavy atom. The molecule has 0 radical (unpaired) electrons. The zero-order chi connectivity index (χ0) is 20.7. The standard InChI is InChI=1S/C15H25N5O7/c1-7(18-13(24)8(16)5-11(17)22)12(23)19-9(6-21)14(25)20-4-2-3-10(20)15(26)27/h7-10,21H,2-6,16H2,1H3,(H2,17,22)(H,18,24)(H,19,23)(H,26,27)/t7-,8-,9-,10+/m0/s1. The van der Waals surface area contributed by atoms with E-state index in [9.17, 15) is 29.1 Å². The summed E-state index contributed by atoms with van der Waals surface area (Å²) >= 11 is 0. The Balaban J connectivity index is 2.66. The highest BCUT2D eigenvalue weighted by molar-refractivity contribution is 5.95. The van der Waals surface area contributed by atoms with Crippen LogP contribution in [-0.2, 0) is 24.0 Å². The van der Waals surface area contributed by atoms with Crippen molar-refractivity contribution in [2.75, 3.05) is 13.2 Å². The van der Waals surface area contributed by atoms with Crippen LogP contribution in [0.5, 0.6) is 0 Å². The van der Waals surface area contributed by atoms with Gasteiger partial charge in [-0.2, -0.15) is 0 Å². The number of likely N-dealkylation sites (tertiary alicyclic amines) is 1. The first-order chi connectivity index (χ1) is 12.6. The molecule has 0 spiro atoms. The topological polar surface area (TPSA) is 205 Å². The van der Waals surface area contributed by atoms with Crippen molar-refractivity contribution < 1.29 is 34.2 Å². The second kappa shape index (κ2) is 9.83. The van der Waals surface area contributed by atoms with Gasteiger partial charge in [0, 0.05) is 6.54 Å². The van der Waals surface area contributed by atoms with Gasteiger partial charge in [0.05, 0.1) is 19.1 Å². The summed E-state index contributed by atoms with van der Waals surface area (Å²) in [6.45, 7) is 0.782. The molecule has 1 fully saturated rings. The molecule has 0 unspecified atom stereocenters. The van der Waals surface area contributed by atoms with Crippen LogP contribution < -0.4 is 22.1 Å². The molecule has 4 atom stereocenters. The summed E-state index contributed by atoms with van der Waals surface area (Å²) in [5.74, 6) is -4.23. The van der Waals surface area contributed by atoms with Gasteiger partial charge in [-0.25, -0.2) is 4.79 Å². The van der Waals surface area contributed by atoms with Crippen LogP contribution in [0.15, 0.2) is 0 Å². The van der Waals surface area contributed by atoms with E-state index in [4.69, 9.17) is 16.6 Å². The fourth-order valence-electron chi connectivity index (χ4n) is 2.67. The highest BCUT2D eigenvalue weighted by Crippen LogP contribution is 2.18. The number of rotatable bonds is 9. The predicted molar refractivity (Wildman–Crippen MR) is 90.8 cm³/mol. The number of aliphatic carboxylic acids is 1. The van der Waals surface area contributed by atoms with Gasteiger partial charge in [-0.1, -0.05) is 0 Å². The number of nitrogens with one attached hydrogen (secondary N) is 2. The molecule has 1 aliphatic heterocycles. The van der Waals surface area contributed by atoms with Crippen molar-refractivity contribution in [3.8, 4) is 0 Å². The summed E-state index contributed by atoms with van der Waals surface area (Å²) in [6.07, 6.45) is 0.389. The number of hydrogen-bond donors (Lipinski definition) is 6. The molecule has 12 nitrogen and oxygen atoms in total. The molecule has 1 saturated heterocycles. The van der Waals surface area contributed by atoms with Crippen LogP contribution in [-0.4, -0.2) is 82.0 Å². The Kier molecular flexibility index (Phi) is 8.12. The number of carboxylic acid groups (broad SMARTS) is 1. The number of carbonyl (C=O) groups excluding carboxylic acids is 4. The van der Waals surface area contributed by atoms with Gasteiger partial charge in [0.1, 0.15) is 18.1 Å². The van der Waals surface area contributed by atoms with Gasteiger partial charge in [-0.05, 0) is 19.8 Å². The molecule has 12 heteroatoms. The third-order valence-electron chi connectivity index (χ3n) is 4.13. The molecule has 0 bridgehead atoms. The van der Waals surface area contributed by atoms with E-state index in [-0.39, 0.29) is 13.0 Å². The number of carboxylic acids is 1. The van der Waals surface area contributed by atoms with Gasteiger partial charge < -0.3 is 37.2 Å². The van der Waals surface area contributed by atoms with Gasteiger partial charge in [-0.3, -0.25) is 19.2 Å². The average Bonchev–Trinajstić information content (AvgIpc) is 3.07. The molecule has 1 rings (SSSR count). The lowest BCUT2D eigenvalue weighted by atomic mass is 10.1. The van der Waals surface area contributed by atoms with Gasteiger partial charge in [0.2, 0.25) is 23.6 Å². The van der Waals surface area contributed by atoms with Crippen LogP contribution >= 0.6 is 0 Å². The smallest absolute Gasteiger partial charge is 0.326 e. The van der Waals surface area contributed by atoms with Crippen molar-refractivity contribution in [2.24, 2.45) is 11.5 Å². The minimum Gasteiger partial charge on any atom is -0.480 e. The monoisotopic (exact) mass is 387 g/mol. The fourth-order valence-corrected chi connectivity index (χ4v) is 2.67. The second-order valence-electron chi connectivity index (χ2n) is 6.28. The van der Waals surface area contributed by atoms with Crippen LogP contribution in [0.2, 0.25) is 0 Å². The molecule has 0 aromatic rings. The number of aliphatic hydroxyl groups excluding tert-OH is 1. The first-order valence-electron chi connectivity index (χ1n) is 8.37. The van der Waals surface area contributed by atoms with E-state index in [0.29, 0.717) is 6.42 Å². The molecule has 152 valence electrons. The average molecular weight is 387 g/mol. The summed E-state index contributed by atoms with van der Waals surface area (Å²) in [5.41, 5.74) is 10.4. The van der Waals surface area contributed by atoms with E-state index in [1.165, 1.54) is 6.92 Å². The maximum Gasteiger partial charge on any atom is 0.326 e. The molecule has 1 aliphatic rings. The maximum absolute atomic E-state index is 12.4. The first kappa shape index (κ1) is 22.3. The van der Waals surface area contributed by atoms with Crippen LogP contribution in [0, 0.1) is 0 Å². The molecular formula is C15H25N5O7. The lowest BCUT2D eigenvalue weighted by Crippen LogP contribution is -2.57. The zero-order valence-electron chi connectivity index (χ0n) is 14.9. The lowest BCUT2D eigenvalue weighted by Gasteiger charge is -2.27. The summed E-state index contributed by atoms with van der Waals surface area (Å²) in [6, 6.07) is -4.70. The predicted octanol–water partition coefficient (Wildman–Crippen LogP) is -3.75. The second-order valence-corrected chi connectivity index (χ2v) is 6.28. The number of nitrogens with two attached hydrogens (primary N) is 2. The van der Waals surface area contributed by atoms with Gasteiger partial charge in [0.25, 0.3) is 0 Å². The summed E-state index contributed by atoms with van der Waals surface area (Å²) in [5, 5.41) is 23.1. The zero-order valence-corrected chi connectivity index (χ0v) is 14.9. The number of carbonyl (C=O) groups is 5. The number of amides is 4. The van der Waals surface area contributed by atoms with Gasteiger partial charge in [0.15, 0.2) is 0 Å². The van der Waals surface area contributed by atoms with Crippen LogP contribution in [0.25, 0.3) is 0 Å². The minimum atomic E-state index is -1.35. The molecule has 27 heavy (non-hydrogen) atoms. The Hall–Kier alpha value is -2.73. The Bertz CT molecular complexity index is 611. The molecule has 1 heterocycles. The minimum absolute atomic E-state index is 0.205. The van der Waals surface area contributed by atoms with E-state index >= 15 is 0 Å². The van der Waals surface area contributed by atoms with Crippen molar-refractivity contribution in [3.05, 3.63) is 0 Å². The molecular weight excluding hydrogens is 362 g/mol. The fraction of sp³-hybridized carbons (Fsp3) is 0.667. The first-order valence-corrected chi connectivity index (χ1v) is 8.37. The largest absolute Gasteiger partial charge is 0.480 e. The number of primary amides is 1. The van der Waals surface area contributed by atoms with Crippen molar-refractivity contribution in [1.29, 1.82) is 0 Å². The van der Waals surface area contributed by atoms with Gasteiger partial charge in [-0.15, -0.1) is 0 Å². The van der Waals surface area contributed by atoms with Crippen LogP contribution in [0.3, 0.4) is 0 Å². The third kappa shape index (κ3) is 6.18. The van der Waals surface area contributed by atoms with E-state index in [0.717, 1.165) is 4.90 Å². The van der Waals surface area contributed by atoms with E-state index in [1.807, 2.05) is 0 Å². The van der Waals surface area contributed by atoms with Crippen molar-refractivity contribution >= 4 is 29.6 Å². The summed E-state index contributed by atoms with van der Waals surface area (Å²) in [4.78, 5) is 59.4. The highest BCUT2D eigenvalue weighted by Gasteiger charge is 2.37. The molecule has 4 amide bonds. The molecule has 8 N–H and O–H groups in total. The highest BCUT2D eigenvalue weighted by atomic mass is 16.4. The quantitative estimate of drug-likeness (QED) is 0.231. The van der Waals surface area contributed by atoms with E-state index in [2.05, 4.69) is 10.6 Å². The SMILES string of the molecule is C[C@H](NC(=O)[C@@H](N)CC(N)=O)C(=O)N[C@@H](CO)C(=O)N1CCC[C@@H]1C(=O)O. The van der Waals surface area contributed by atoms with E-state index < -0.39 is 66.8 Å². The van der Waals surface area contributed by atoms with Gasteiger partial charge >= 0.3 is 5.97 Å². The Morgan fingerprint density at radius 1 is 1.19 bits per heavy atom. The van der Waals surface area contributed by atoms with Crippen molar-refractivity contribution in [3.63, 3.8) is 0 Å². The Morgan fingerprint density at radius 2 is 1.81 bits per heavy atom. The number of aliphatic hydroxyl groups is 1.